The molecule has 0 aliphatic carbocycles. The Kier molecular flexibility index (Phi) is 4.70. The average Bonchev–Trinajstić information content (AvgIpc) is 2.88. The van der Waals surface area contributed by atoms with Crippen molar-refractivity contribution in [2.24, 2.45) is 11.7 Å². The van der Waals surface area contributed by atoms with Crippen molar-refractivity contribution in [3.05, 3.63) is 35.4 Å². The van der Waals surface area contributed by atoms with Crippen LogP contribution >= 0.6 is 0 Å². The van der Waals surface area contributed by atoms with Crippen LogP contribution in [-0.4, -0.2) is 42.8 Å². The van der Waals surface area contributed by atoms with Crippen LogP contribution in [0.25, 0.3) is 0 Å². The third-order valence-corrected chi connectivity index (χ3v) is 3.36. The molecule has 1 aromatic rings. The normalized spacial score (nSPS) is 21.6. The van der Waals surface area contributed by atoms with Crippen molar-refractivity contribution in [1.82, 2.24) is 5.32 Å². The second-order valence-corrected chi connectivity index (χ2v) is 4.80. The molecule has 0 aromatic heterocycles. The zero-order chi connectivity index (χ0) is 14.5. The van der Waals surface area contributed by atoms with E-state index in [-0.39, 0.29) is 19.1 Å². The smallest absolute Gasteiger partial charge is 0.311 e. The summed E-state index contributed by atoms with van der Waals surface area (Å²) in [5.41, 5.74) is 7.03. The Balaban J connectivity index is 1.99. The Morgan fingerprint density at radius 1 is 1.30 bits per heavy atom. The summed E-state index contributed by atoms with van der Waals surface area (Å²) in [6.45, 7) is 0.926. The molecule has 2 atom stereocenters. The van der Waals surface area contributed by atoms with Crippen LogP contribution in [-0.2, 0) is 16.0 Å². The standard InChI is InChI=1S/C14H18N2O4/c15-6-5-9-1-3-10(4-2-9)13(17)16-12-8-20-7-11(12)14(18)19/h1-4,11-12H,5-8,15H2,(H,16,17)(H,18,19). The molecule has 1 aliphatic rings. The van der Waals surface area contributed by atoms with Crippen LogP contribution in [0.3, 0.4) is 0 Å². The molecule has 1 aliphatic heterocycles. The zero-order valence-electron chi connectivity index (χ0n) is 11.0. The topological polar surface area (TPSA) is 102 Å². The molecule has 2 unspecified atom stereocenters. The lowest BCUT2D eigenvalue weighted by atomic mass is 10.0. The number of carboxylic acid groups (broad SMARTS) is 1. The van der Waals surface area contributed by atoms with Gasteiger partial charge in [-0.15, -0.1) is 0 Å². The van der Waals surface area contributed by atoms with Crippen molar-refractivity contribution in [1.29, 1.82) is 0 Å². The van der Waals surface area contributed by atoms with E-state index in [9.17, 15) is 9.59 Å². The molecule has 1 fully saturated rings. The summed E-state index contributed by atoms with van der Waals surface area (Å²) >= 11 is 0. The highest BCUT2D eigenvalue weighted by molar-refractivity contribution is 5.94. The first kappa shape index (κ1) is 14.5. The molecule has 1 heterocycles. The number of nitrogens with two attached hydrogens (primary N) is 1. The van der Waals surface area contributed by atoms with Crippen LogP contribution in [0.4, 0.5) is 0 Å². The number of hydrogen-bond donors (Lipinski definition) is 3. The van der Waals surface area contributed by atoms with Gasteiger partial charge in [-0.2, -0.15) is 0 Å². The second-order valence-electron chi connectivity index (χ2n) is 4.80. The Bertz CT molecular complexity index is 486. The molecule has 6 nitrogen and oxygen atoms in total. The average molecular weight is 278 g/mol. The monoisotopic (exact) mass is 278 g/mol. The molecule has 0 radical (unpaired) electrons. The molecule has 108 valence electrons. The summed E-state index contributed by atoms with van der Waals surface area (Å²) in [4.78, 5) is 23.1. The highest BCUT2D eigenvalue weighted by atomic mass is 16.5. The van der Waals surface area contributed by atoms with E-state index in [1.54, 1.807) is 12.1 Å². The minimum Gasteiger partial charge on any atom is -0.481 e. The van der Waals surface area contributed by atoms with E-state index < -0.39 is 17.9 Å². The van der Waals surface area contributed by atoms with Gasteiger partial charge in [-0.1, -0.05) is 12.1 Å². The van der Waals surface area contributed by atoms with Gasteiger partial charge in [0.25, 0.3) is 5.91 Å². The van der Waals surface area contributed by atoms with Gasteiger partial charge in [-0.3, -0.25) is 9.59 Å². The zero-order valence-corrected chi connectivity index (χ0v) is 11.0. The van der Waals surface area contributed by atoms with Gasteiger partial charge in [-0.25, -0.2) is 0 Å². The lowest BCUT2D eigenvalue weighted by molar-refractivity contribution is -0.142. The van der Waals surface area contributed by atoms with Gasteiger partial charge in [0.1, 0.15) is 5.92 Å². The van der Waals surface area contributed by atoms with Gasteiger partial charge in [0.05, 0.1) is 19.3 Å². The van der Waals surface area contributed by atoms with Crippen LogP contribution in [0.5, 0.6) is 0 Å². The molecule has 1 amide bonds. The molecule has 0 saturated carbocycles. The fourth-order valence-electron chi connectivity index (χ4n) is 2.18. The lowest BCUT2D eigenvalue weighted by Crippen LogP contribution is -2.42. The minimum absolute atomic E-state index is 0.135. The van der Waals surface area contributed by atoms with E-state index in [1.165, 1.54) is 0 Å². The first-order valence-electron chi connectivity index (χ1n) is 6.52. The van der Waals surface area contributed by atoms with Crippen molar-refractivity contribution in [3.8, 4) is 0 Å². The summed E-state index contributed by atoms with van der Waals surface area (Å²) in [5.74, 6) is -1.92. The van der Waals surface area contributed by atoms with Crippen molar-refractivity contribution in [3.63, 3.8) is 0 Å². The maximum atomic E-state index is 12.1. The third-order valence-electron chi connectivity index (χ3n) is 3.36. The molecule has 20 heavy (non-hydrogen) atoms. The van der Waals surface area contributed by atoms with Crippen LogP contribution in [0, 0.1) is 5.92 Å². The molecular formula is C14H18N2O4. The second kappa shape index (κ2) is 6.49. The molecule has 1 aromatic carbocycles. The predicted molar refractivity (Wildman–Crippen MR) is 72.4 cm³/mol. The maximum absolute atomic E-state index is 12.1. The number of aliphatic carboxylic acids is 1. The highest BCUT2D eigenvalue weighted by Gasteiger charge is 2.35. The fourth-order valence-corrected chi connectivity index (χ4v) is 2.18. The molecule has 0 bridgehead atoms. The number of amides is 1. The number of benzene rings is 1. The van der Waals surface area contributed by atoms with Gasteiger partial charge in [-0.05, 0) is 30.7 Å². The third kappa shape index (κ3) is 3.34. The first-order valence-corrected chi connectivity index (χ1v) is 6.52. The number of rotatable bonds is 5. The molecule has 2 rings (SSSR count). The number of carboxylic acids is 1. The first-order chi connectivity index (χ1) is 9.61. The number of carbonyl (C=O) groups excluding carboxylic acids is 1. The summed E-state index contributed by atoms with van der Waals surface area (Å²) in [5, 5.41) is 11.7. The Morgan fingerprint density at radius 2 is 2.00 bits per heavy atom. The SMILES string of the molecule is NCCc1ccc(C(=O)NC2COCC2C(=O)O)cc1. The van der Waals surface area contributed by atoms with E-state index in [4.69, 9.17) is 15.6 Å². The lowest BCUT2D eigenvalue weighted by Gasteiger charge is -2.15. The molecule has 1 saturated heterocycles. The van der Waals surface area contributed by atoms with Gasteiger partial charge in [0.15, 0.2) is 0 Å². The number of nitrogens with one attached hydrogen (secondary N) is 1. The quantitative estimate of drug-likeness (QED) is 0.704. The van der Waals surface area contributed by atoms with Crippen LogP contribution in [0.15, 0.2) is 24.3 Å². The Hall–Kier alpha value is -1.92. The maximum Gasteiger partial charge on any atom is 0.311 e. The summed E-state index contributed by atoms with van der Waals surface area (Å²) in [6, 6.07) is 6.64. The van der Waals surface area contributed by atoms with Gasteiger partial charge in [0.2, 0.25) is 0 Å². The summed E-state index contributed by atoms with van der Waals surface area (Å²) in [7, 11) is 0. The summed E-state index contributed by atoms with van der Waals surface area (Å²) in [6.07, 6.45) is 0.763. The van der Waals surface area contributed by atoms with Crippen LogP contribution in [0.1, 0.15) is 15.9 Å². The van der Waals surface area contributed by atoms with Gasteiger partial charge >= 0.3 is 5.97 Å². The van der Waals surface area contributed by atoms with Crippen LogP contribution in [0.2, 0.25) is 0 Å². The van der Waals surface area contributed by atoms with E-state index in [1.807, 2.05) is 12.1 Å². The predicted octanol–water partition coefficient (Wildman–Crippen LogP) is 0.0172. The molecule has 0 spiro atoms. The molecule has 4 N–H and O–H groups in total. The largest absolute Gasteiger partial charge is 0.481 e. The van der Waals surface area contributed by atoms with Crippen molar-refractivity contribution in [2.45, 2.75) is 12.5 Å². The minimum atomic E-state index is -0.953. The van der Waals surface area contributed by atoms with E-state index in [0.717, 1.165) is 12.0 Å². The van der Waals surface area contributed by atoms with E-state index in [0.29, 0.717) is 12.1 Å². The Labute approximate surface area is 116 Å². The number of ether oxygens (including phenoxy) is 1. The molecular weight excluding hydrogens is 260 g/mol. The Morgan fingerprint density at radius 3 is 2.60 bits per heavy atom. The van der Waals surface area contributed by atoms with Gasteiger partial charge in [0, 0.05) is 5.56 Å². The number of carbonyl (C=O) groups is 2. The van der Waals surface area contributed by atoms with Crippen molar-refractivity contribution < 1.29 is 19.4 Å². The van der Waals surface area contributed by atoms with Crippen molar-refractivity contribution >= 4 is 11.9 Å². The fraction of sp³-hybridized carbons (Fsp3) is 0.429. The van der Waals surface area contributed by atoms with Crippen LogP contribution < -0.4 is 11.1 Å². The van der Waals surface area contributed by atoms with E-state index >= 15 is 0 Å². The van der Waals surface area contributed by atoms with Gasteiger partial charge < -0.3 is 20.9 Å². The van der Waals surface area contributed by atoms with E-state index in [2.05, 4.69) is 5.32 Å². The summed E-state index contributed by atoms with van der Waals surface area (Å²) < 4.78 is 5.11. The molecule has 6 heteroatoms. The highest BCUT2D eigenvalue weighted by Crippen LogP contribution is 2.15. The number of hydrogen-bond acceptors (Lipinski definition) is 4. The van der Waals surface area contributed by atoms with Crippen molar-refractivity contribution in [2.75, 3.05) is 19.8 Å².